The molecule has 2 heterocycles. The van der Waals surface area contributed by atoms with Crippen molar-refractivity contribution in [1.82, 2.24) is 4.98 Å². The van der Waals surface area contributed by atoms with E-state index in [0.717, 1.165) is 15.8 Å². The molecule has 0 aliphatic carbocycles. The standard InChI is InChI=1S/C25H17ClN2O3S/c1-14-6-8-16(9-7-14)22(29)20-21(15-10-12-17(26)13-11-15)28(24(31)23(20)30)25-27-18-4-2-3-5-19(18)32-25/h2-13,21,29H,1H3/t21-/m1/s1. The number of fused-ring (bicyclic) bond motifs is 1. The summed E-state index contributed by atoms with van der Waals surface area (Å²) in [5.74, 6) is -1.69. The molecule has 1 amide bonds. The lowest BCUT2D eigenvalue weighted by atomic mass is 9.95. The number of nitrogens with zero attached hydrogens (tertiary/aromatic N) is 2. The van der Waals surface area contributed by atoms with Gasteiger partial charge in [0.2, 0.25) is 0 Å². The van der Waals surface area contributed by atoms with Crippen LogP contribution in [0.25, 0.3) is 16.0 Å². The Morgan fingerprint density at radius 1 is 1.00 bits per heavy atom. The number of thiazole rings is 1. The van der Waals surface area contributed by atoms with Crippen LogP contribution in [0.15, 0.2) is 78.4 Å². The molecule has 0 saturated carbocycles. The number of ketones is 1. The minimum atomic E-state index is -0.825. The Kier molecular flexibility index (Phi) is 5.04. The summed E-state index contributed by atoms with van der Waals surface area (Å²) in [6.07, 6.45) is 0. The first kappa shape index (κ1) is 20.4. The summed E-state index contributed by atoms with van der Waals surface area (Å²) in [6, 6.07) is 20.8. The number of aryl methyl sites for hydroxylation is 1. The van der Waals surface area contributed by atoms with Gasteiger partial charge in [0.05, 0.1) is 21.8 Å². The van der Waals surface area contributed by atoms with Gasteiger partial charge in [-0.05, 0) is 36.8 Å². The Morgan fingerprint density at radius 2 is 1.69 bits per heavy atom. The van der Waals surface area contributed by atoms with Crippen molar-refractivity contribution < 1.29 is 14.7 Å². The van der Waals surface area contributed by atoms with Crippen molar-refractivity contribution in [1.29, 1.82) is 0 Å². The van der Waals surface area contributed by atoms with E-state index >= 15 is 0 Å². The molecular weight excluding hydrogens is 444 g/mol. The third kappa shape index (κ3) is 3.38. The molecule has 4 aromatic rings. The summed E-state index contributed by atoms with van der Waals surface area (Å²) < 4.78 is 0.901. The van der Waals surface area contributed by atoms with Crippen LogP contribution < -0.4 is 4.90 Å². The van der Waals surface area contributed by atoms with Crippen molar-refractivity contribution in [2.45, 2.75) is 13.0 Å². The summed E-state index contributed by atoms with van der Waals surface area (Å²) in [4.78, 5) is 32.3. The maximum Gasteiger partial charge on any atom is 0.301 e. The quantitative estimate of drug-likeness (QED) is 0.235. The largest absolute Gasteiger partial charge is 0.507 e. The van der Waals surface area contributed by atoms with Crippen LogP contribution in [0.4, 0.5) is 5.13 Å². The van der Waals surface area contributed by atoms with Gasteiger partial charge in [-0.25, -0.2) is 4.98 Å². The third-order valence-electron chi connectivity index (χ3n) is 5.44. The second-order valence-electron chi connectivity index (χ2n) is 7.55. The van der Waals surface area contributed by atoms with Crippen molar-refractivity contribution in [2.75, 3.05) is 4.90 Å². The molecule has 1 N–H and O–H groups in total. The van der Waals surface area contributed by atoms with Crippen molar-refractivity contribution in [3.8, 4) is 0 Å². The summed E-state index contributed by atoms with van der Waals surface area (Å²) in [5, 5.41) is 12.1. The number of Topliss-reactive ketones (excluding diaryl/α,β-unsaturated/α-hetero) is 1. The molecule has 3 aromatic carbocycles. The number of para-hydroxylation sites is 1. The number of rotatable bonds is 3. The number of amides is 1. The van der Waals surface area contributed by atoms with Crippen LogP contribution in [0, 0.1) is 6.92 Å². The van der Waals surface area contributed by atoms with E-state index in [0.29, 0.717) is 21.3 Å². The van der Waals surface area contributed by atoms with Crippen LogP contribution in [0.5, 0.6) is 0 Å². The number of hydrogen-bond acceptors (Lipinski definition) is 5. The fourth-order valence-electron chi connectivity index (χ4n) is 3.82. The highest BCUT2D eigenvalue weighted by molar-refractivity contribution is 7.22. The highest BCUT2D eigenvalue weighted by Crippen LogP contribution is 2.44. The molecule has 0 unspecified atom stereocenters. The van der Waals surface area contributed by atoms with Crippen LogP contribution in [0.2, 0.25) is 5.02 Å². The fraction of sp³-hybridized carbons (Fsp3) is 0.0800. The van der Waals surface area contributed by atoms with E-state index in [1.807, 2.05) is 43.3 Å². The van der Waals surface area contributed by atoms with Gasteiger partial charge in [0, 0.05) is 10.6 Å². The number of carbonyl (C=O) groups is 2. The molecule has 1 aliphatic rings. The molecule has 1 aromatic heterocycles. The topological polar surface area (TPSA) is 70.5 Å². The first-order chi connectivity index (χ1) is 15.4. The maximum absolute atomic E-state index is 13.2. The molecule has 1 aliphatic heterocycles. The zero-order valence-corrected chi connectivity index (χ0v) is 18.5. The number of benzene rings is 3. The van der Waals surface area contributed by atoms with Crippen LogP contribution >= 0.6 is 22.9 Å². The van der Waals surface area contributed by atoms with E-state index in [9.17, 15) is 14.7 Å². The molecule has 32 heavy (non-hydrogen) atoms. The van der Waals surface area contributed by atoms with E-state index in [1.165, 1.54) is 16.2 Å². The predicted octanol–water partition coefficient (Wildman–Crippen LogP) is 5.88. The average Bonchev–Trinajstić information content (AvgIpc) is 3.33. The Bertz CT molecular complexity index is 1360. The van der Waals surface area contributed by atoms with Gasteiger partial charge in [0.1, 0.15) is 5.76 Å². The van der Waals surface area contributed by atoms with Crippen molar-refractivity contribution in [2.24, 2.45) is 0 Å². The molecular formula is C25H17ClN2O3S. The third-order valence-corrected chi connectivity index (χ3v) is 6.73. The molecule has 1 atom stereocenters. The summed E-state index contributed by atoms with van der Waals surface area (Å²) >= 11 is 7.40. The number of aliphatic hydroxyl groups is 1. The van der Waals surface area contributed by atoms with Crippen LogP contribution in [-0.2, 0) is 9.59 Å². The second-order valence-corrected chi connectivity index (χ2v) is 9.00. The first-order valence-corrected chi connectivity index (χ1v) is 11.1. The molecule has 1 saturated heterocycles. The van der Waals surface area contributed by atoms with Gasteiger partial charge >= 0.3 is 5.91 Å². The Balaban J connectivity index is 1.73. The lowest BCUT2D eigenvalue weighted by molar-refractivity contribution is -0.132. The SMILES string of the molecule is Cc1ccc(C(O)=C2C(=O)C(=O)N(c3nc4ccccc4s3)[C@@H]2c2ccc(Cl)cc2)cc1. The van der Waals surface area contributed by atoms with Gasteiger partial charge in [-0.1, -0.05) is 77.0 Å². The highest BCUT2D eigenvalue weighted by Gasteiger charge is 2.48. The van der Waals surface area contributed by atoms with Gasteiger partial charge in [-0.15, -0.1) is 0 Å². The van der Waals surface area contributed by atoms with Gasteiger partial charge in [-0.3, -0.25) is 14.5 Å². The van der Waals surface area contributed by atoms with Gasteiger partial charge in [0.15, 0.2) is 5.13 Å². The van der Waals surface area contributed by atoms with Crippen molar-refractivity contribution >= 4 is 55.7 Å². The van der Waals surface area contributed by atoms with E-state index in [4.69, 9.17) is 11.6 Å². The summed E-state index contributed by atoms with van der Waals surface area (Å²) in [5.41, 5.74) is 2.91. The predicted molar refractivity (Wildman–Crippen MR) is 127 cm³/mol. The van der Waals surface area contributed by atoms with Crippen molar-refractivity contribution in [3.63, 3.8) is 0 Å². The Labute approximate surface area is 193 Å². The van der Waals surface area contributed by atoms with Crippen LogP contribution in [-0.4, -0.2) is 21.8 Å². The molecule has 0 bridgehead atoms. The maximum atomic E-state index is 13.2. The normalized spacial score (nSPS) is 17.9. The molecule has 158 valence electrons. The minimum absolute atomic E-state index is 0.0282. The number of carbonyl (C=O) groups excluding carboxylic acids is 2. The van der Waals surface area contributed by atoms with E-state index in [-0.39, 0.29) is 11.3 Å². The summed E-state index contributed by atoms with van der Waals surface area (Å²) in [6.45, 7) is 1.93. The zero-order valence-electron chi connectivity index (χ0n) is 16.9. The van der Waals surface area contributed by atoms with Gasteiger partial charge in [-0.2, -0.15) is 0 Å². The number of aromatic nitrogens is 1. The Morgan fingerprint density at radius 3 is 2.38 bits per heavy atom. The lowest BCUT2D eigenvalue weighted by Crippen LogP contribution is -2.29. The van der Waals surface area contributed by atoms with Gasteiger partial charge < -0.3 is 5.11 Å². The molecule has 5 nitrogen and oxygen atoms in total. The van der Waals surface area contributed by atoms with Gasteiger partial charge in [0.25, 0.3) is 5.78 Å². The van der Waals surface area contributed by atoms with Crippen LogP contribution in [0.1, 0.15) is 22.7 Å². The lowest BCUT2D eigenvalue weighted by Gasteiger charge is -2.23. The number of halogens is 1. The van der Waals surface area contributed by atoms with E-state index in [2.05, 4.69) is 4.98 Å². The minimum Gasteiger partial charge on any atom is -0.507 e. The number of anilines is 1. The second kappa shape index (κ2) is 7.89. The molecule has 0 spiro atoms. The van der Waals surface area contributed by atoms with Crippen LogP contribution in [0.3, 0.4) is 0 Å². The molecule has 0 radical (unpaired) electrons. The zero-order chi connectivity index (χ0) is 22.4. The molecule has 5 rings (SSSR count). The molecule has 1 fully saturated rings. The number of hydrogen-bond donors (Lipinski definition) is 1. The smallest absolute Gasteiger partial charge is 0.301 e. The number of aliphatic hydroxyl groups excluding tert-OH is 1. The van der Waals surface area contributed by atoms with E-state index in [1.54, 1.807) is 36.4 Å². The molecule has 7 heteroatoms. The summed E-state index contributed by atoms with van der Waals surface area (Å²) in [7, 11) is 0. The van der Waals surface area contributed by atoms with Crippen molar-refractivity contribution in [3.05, 3.63) is 100 Å². The fourth-order valence-corrected chi connectivity index (χ4v) is 4.94. The first-order valence-electron chi connectivity index (χ1n) is 9.93. The van der Waals surface area contributed by atoms with E-state index < -0.39 is 17.7 Å². The average molecular weight is 461 g/mol. The monoisotopic (exact) mass is 460 g/mol. The Hall–Kier alpha value is -3.48. The highest BCUT2D eigenvalue weighted by atomic mass is 35.5.